The number of carbonyl (C=O) groups is 1. The first-order valence-corrected chi connectivity index (χ1v) is 6.34. The van der Waals surface area contributed by atoms with Crippen molar-refractivity contribution in [2.45, 2.75) is 25.3 Å². The summed E-state index contributed by atoms with van der Waals surface area (Å²) in [4.78, 5) is 11.3. The molecule has 0 spiro atoms. The number of benzene rings is 1. The smallest absolute Gasteiger partial charge is 0.237 e. The van der Waals surface area contributed by atoms with Crippen molar-refractivity contribution in [2.24, 2.45) is 5.73 Å². The van der Waals surface area contributed by atoms with Gasteiger partial charge in [0.05, 0.1) is 12.1 Å². The quantitative estimate of drug-likeness (QED) is 0.638. The van der Waals surface area contributed by atoms with Crippen LogP contribution in [0.2, 0.25) is 0 Å². The Labute approximate surface area is 113 Å². The fourth-order valence-electron chi connectivity index (χ4n) is 1.71. The van der Waals surface area contributed by atoms with Gasteiger partial charge in [-0.3, -0.25) is 4.79 Å². The Bertz CT molecular complexity index is 423. The van der Waals surface area contributed by atoms with Crippen LogP contribution in [0.25, 0.3) is 0 Å². The molecule has 5 nitrogen and oxygen atoms in total. The number of aliphatic hydroxyl groups is 1. The predicted octanol–water partition coefficient (Wildman–Crippen LogP) is 0.454. The Morgan fingerprint density at radius 1 is 1.47 bits per heavy atom. The van der Waals surface area contributed by atoms with E-state index in [1.807, 2.05) is 24.3 Å². The summed E-state index contributed by atoms with van der Waals surface area (Å²) in [6, 6.07) is 7.55. The van der Waals surface area contributed by atoms with Gasteiger partial charge in [0.25, 0.3) is 0 Å². The van der Waals surface area contributed by atoms with Crippen molar-refractivity contribution in [3.05, 3.63) is 29.8 Å². The minimum atomic E-state index is -0.772. The first kappa shape index (κ1) is 15.5. The molecule has 0 aromatic heterocycles. The monoisotopic (exact) mass is 266 g/mol. The van der Waals surface area contributed by atoms with Crippen molar-refractivity contribution in [1.29, 1.82) is 0 Å². The second kappa shape index (κ2) is 7.11. The number of nitrogens with one attached hydrogen (secondary N) is 1. The van der Waals surface area contributed by atoms with E-state index in [1.165, 1.54) is 0 Å². The van der Waals surface area contributed by atoms with Gasteiger partial charge in [0, 0.05) is 13.0 Å². The van der Waals surface area contributed by atoms with Gasteiger partial charge in [0.2, 0.25) is 5.91 Å². The third-order valence-electron chi connectivity index (χ3n) is 3.31. The van der Waals surface area contributed by atoms with Crippen molar-refractivity contribution >= 4 is 5.91 Å². The van der Waals surface area contributed by atoms with Crippen LogP contribution >= 0.6 is 0 Å². The second-order valence-electron chi connectivity index (χ2n) is 4.63. The molecule has 1 aromatic carbocycles. The fraction of sp³-hybridized carbons (Fsp3) is 0.500. The first-order valence-electron chi connectivity index (χ1n) is 6.34. The number of aliphatic hydroxyl groups excluding tert-OH is 1. The third kappa shape index (κ3) is 4.22. The van der Waals surface area contributed by atoms with Crippen LogP contribution in [-0.2, 0) is 11.2 Å². The lowest BCUT2D eigenvalue weighted by molar-refractivity contribution is -0.124. The van der Waals surface area contributed by atoms with E-state index in [2.05, 4.69) is 5.32 Å². The summed E-state index contributed by atoms with van der Waals surface area (Å²) in [5, 5.41) is 11.9. The molecule has 0 radical (unpaired) electrons. The molecule has 106 valence electrons. The molecule has 0 bridgehead atoms. The summed E-state index contributed by atoms with van der Waals surface area (Å²) in [5.74, 6) is 0.335. The number of amides is 1. The highest BCUT2D eigenvalue weighted by Gasteiger charge is 2.28. The van der Waals surface area contributed by atoms with Crippen LogP contribution in [-0.4, -0.2) is 36.8 Å². The molecule has 1 amide bonds. The van der Waals surface area contributed by atoms with Gasteiger partial charge in [-0.25, -0.2) is 0 Å². The number of likely N-dealkylation sites (N-methyl/N-ethyl adjacent to an activating group) is 1. The number of para-hydroxylation sites is 1. The molecule has 4 N–H and O–H groups in total. The maximum Gasteiger partial charge on any atom is 0.237 e. The van der Waals surface area contributed by atoms with E-state index in [0.717, 1.165) is 11.3 Å². The fourth-order valence-corrected chi connectivity index (χ4v) is 1.71. The summed E-state index contributed by atoms with van der Waals surface area (Å²) >= 11 is 0. The number of ether oxygens (including phenoxy) is 1. The maximum absolute atomic E-state index is 11.3. The molecule has 0 aliphatic rings. The lowest BCUT2D eigenvalue weighted by atomic mass is 9.98. The number of rotatable bonds is 8. The molecule has 0 saturated carbocycles. The van der Waals surface area contributed by atoms with Crippen molar-refractivity contribution in [3.63, 3.8) is 0 Å². The Hall–Kier alpha value is -1.59. The van der Waals surface area contributed by atoms with Crippen LogP contribution in [0.3, 0.4) is 0 Å². The zero-order valence-corrected chi connectivity index (χ0v) is 11.5. The van der Waals surface area contributed by atoms with Crippen molar-refractivity contribution in [3.8, 4) is 5.75 Å². The highest BCUT2D eigenvalue weighted by Crippen LogP contribution is 2.19. The number of nitrogens with two attached hydrogens (primary N) is 1. The summed E-state index contributed by atoms with van der Waals surface area (Å²) in [5.41, 5.74) is 5.53. The molecule has 1 aromatic rings. The predicted molar refractivity (Wildman–Crippen MR) is 74.0 cm³/mol. The molecule has 0 aliphatic carbocycles. The van der Waals surface area contributed by atoms with E-state index >= 15 is 0 Å². The molecule has 19 heavy (non-hydrogen) atoms. The number of hydrogen-bond donors (Lipinski definition) is 3. The van der Waals surface area contributed by atoms with Crippen LogP contribution in [0, 0.1) is 0 Å². The molecule has 0 aliphatic heterocycles. The molecule has 0 saturated heterocycles. The Kier molecular flexibility index (Phi) is 5.79. The SMILES string of the molecule is CNC(C)(CCOc1ccccc1CCO)C(N)=O. The first-order chi connectivity index (χ1) is 9.03. The number of carbonyl (C=O) groups excluding carboxylic acids is 1. The Balaban J connectivity index is 2.60. The van der Waals surface area contributed by atoms with Crippen molar-refractivity contribution in [2.75, 3.05) is 20.3 Å². The van der Waals surface area contributed by atoms with Gasteiger partial charge in [0.15, 0.2) is 0 Å². The van der Waals surface area contributed by atoms with Gasteiger partial charge >= 0.3 is 0 Å². The van der Waals surface area contributed by atoms with Crippen LogP contribution in [0.15, 0.2) is 24.3 Å². The molecule has 1 rings (SSSR count). The lowest BCUT2D eigenvalue weighted by Crippen LogP contribution is -2.52. The van der Waals surface area contributed by atoms with Crippen LogP contribution in [0.5, 0.6) is 5.75 Å². The summed E-state index contributed by atoms with van der Waals surface area (Å²) in [6.45, 7) is 2.21. The van der Waals surface area contributed by atoms with Gasteiger partial charge in [-0.1, -0.05) is 18.2 Å². The highest BCUT2D eigenvalue weighted by atomic mass is 16.5. The number of primary amides is 1. The maximum atomic E-state index is 11.3. The largest absolute Gasteiger partial charge is 0.493 e. The molecular weight excluding hydrogens is 244 g/mol. The van der Waals surface area contributed by atoms with Crippen LogP contribution in [0.1, 0.15) is 18.9 Å². The summed E-state index contributed by atoms with van der Waals surface area (Å²) in [6.07, 6.45) is 1.03. The zero-order chi connectivity index (χ0) is 14.3. The minimum absolute atomic E-state index is 0.0793. The van der Waals surface area contributed by atoms with Gasteiger partial charge in [0.1, 0.15) is 5.75 Å². The molecule has 1 unspecified atom stereocenters. The van der Waals surface area contributed by atoms with Gasteiger partial charge in [-0.05, 0) is 32.0 Å². The van der Waals surface area contributed by atoms with Gasteiger partial charge in [-0.15, -0.1) is 0 Å². The highest BCUT2D eigenvalue weighted by molar-refractivity contribution is 5.84. The average Bonchev–Trinajstić information content (AvgIpc) is 2.40. The topological polar surface area (TPSA) is 84.6 Å². The zero-order valence-electron chi connectivity index (χ0n) is 11.5. The minimum Gasteiger partial charge on any atom is -0.493 e. The van der Waals surface area contributed by atoms with E-state index in [-0.39, 0.29) is 6.61 Å². The standard InChI is InChI=1S/C14H22N2O3/c1-14(16-2,13(15)18)8-10-19-12-6-4-3-5-11(12)7-9-17/h3-6,16-17H,7-10H2,1-2H3,(H2,15,18). The van der Waals surface area contributed by atoms with Crippen molar-refractivity contribution in [1.82, 2.24) is 5.32 Å². The molecular formula is C14H22N2O3. The molecule has 5 heteroatoms. The van der Waals surface area contributed by atoms with Crippen molar-refractivity contribution < 1.29 is 14.6 Å². The Morgan fingerprint density at radius 2 is 2.16 bits per heavy atom. The normalized spacial score (nSPS) is 13.8. The Morgan fingerprint density at radius 3 is 2.74 bits per heavy atom. The van der Waals surface area contributed by atoms with Crippen LogP contribution < -0.4 is 15.8 Å². The van der Waals surface area contributed by atoms with E-state index in [4.69, 9.17) is 15.6 Å². The van der Waals surface area contributed by atoms with Crippen LogP contribution in [0.4, 0.5) is 0 Å². The molecule has 0 fully saturated rings. The van der Waals surface area contributed by atoms with E-state index in [9.17, 15) is 4.79 Å². The second-order valence-corrected chi connectivity index (χ2v) is 4.63. The van der Waals surface area contributed by atoms with E-state index in [0.29, 0.717) is 19.4 Å². The summed E-state index contributed by atoms with van der Waals surface area (Å²) < 4.78 is 5.68. The van der Waals surface area contributed by atoms with Gasteiger partial charge < -0.3 is 20.9 Å². The van der Waals surface area contributed by atoms with E-state index < -0.39 is 11.4 Å². The average molecular weight is 266 g/mol. The lowest BCUT2D eigenvalue weighted by Gasteiger charge is -2.25. The third-order valence-corrected chi connectivity index (χ3v) is 3.31. The molecule has 0 heterocycles. The number of hydrogen-bond acceptors (Lipinski definition) is 4. The summed E-state index contributed by atoms with van der Waals surface area (Å²) in [7, 11) is 1.70. The van der Waals surface area contributed by atoms with Gasteiger partial charge in [-0.2, -0.15) is 0 Å². The van der Waals surface area contributed by atoms with E-state index in [1.54, 1.807) is 14.0 Å². The molecule has 1 atom stereocenters.